The van der Waals surface area contributed by atoms with Gasteiger partial charge in [0.2, 0.25) is 0 Å². The molecule has 3 aromatic rings. The molecule has 0 aliphatic rings. The van der Waals surface area contributed by atoms with Crippen molar-refractivity contribution in [3.63, 3.8) is 0 Å². The number of hydrogen-bond acceptors (Lipinski definition) is 3. The van der Waals surface area contributed by atoms with E-state index in [1.807, 2.05) is 42.5 Å². The molecule has 122 valence electrons. The summed E-state index contributed by atoms with van der Waals surface area (Å²) in [6, 6.07) is 18.0. The van der Waals surface area contributed by atoms with Crippen molar-refractivity contribution in [1.82, 2.24) is 10.3 Å². The Balaban J connectivity index is 1.79. The summed E-state index contributed by atoms with van der Waals surface area (Å²) in [6.45, 7) is 2.08. The number of pyridine rings is 1. The minimum atomic E-state index is 0.119. The molecule has 2 N–H and O–H groups in total. The van der Waals surface area contributed by atoms with Gasteiger partial charge in [0, 0.05) is 17.3 Å². The molecule has 0 saturated heterocycles. The van der Waals surface area contributed by atoms with Crippen molar-refractivity contribution in [2.75, 3.05) is 12.4 Å². The Morgan fingerprint density at radius 3 is 2.62 bits per heavy atom. The van der Waals surface area contributed by atoms with E-state index in [0.717, 1.165) is 22.3 Å². The lowest BCUT2D eigenvalue weighted by atomic mass is 10.1. The molecular weight excluding hydrogens is 318 g/mol. The van der Waals surface area contributed by atoms with Crippen LogP contribution in [0.25, 0.3) is 10.9 Å². The molecule has 5 heteroatoms. The third kappa shape index (κ3) is 3.46. The van der Waals surface area contributed by atoms with Crippen LogP contribution in [0.4, 0.5) is 5.69 Å². The zero-order valence-electron chi connectivity index (χ0n) is 13.6. The van der Waals surface area contributed by atoms with Crippen LogP contribution in [0.5, 0.6) is 5.75 Å². The monoisotopic (exact) mass is 337 g/mol. The van der Waals surface area contributed by atoms with Crippen LogP contribution in [-0.2, 0) is 0 Å². The molecule has 0 amide bonds. The maximum atomic E-state index is 5.46. The van der Waals surface area contributed by atoms with Crippen LogP contribution in [0.2, 0.25) is 0 Å². The molecule has 1 aromatic heterocycles. The molecular formula is C19H19N3OS. The lowest BCUT2D eigenvalue weighted by molar-refractivity contribution is 0.419. The van der Waals surface area contributed by atoms with Crippen molar-refractivity contribution >= 4 is 33.9 Å². The molecule has 0 aliphatic carbocycles. The summed E-state index contributed by atoms with van der Waals surface area (Å²) in [5.74, 6) is 0.743. The van der Waals surface area contributed by atoms with Gasteiger partial charge < -0.3 is 15.4 Å². The quantitative estimate of drug-likeness (QED) is 0.695. The van der Waals surface area contributed by atoms with E-state index in [4.69, 9.17) is 17.0 Å². The summed E-state index contributed by atoms with van der Waals surface area (Å²) in [5, 5.41) is 8.11. The molecule has 4 nitrogen and oxygen atoms in total. The van der Waals surface area contributed by atoms with Crippen LogP contribution in [0.15, 0.2) is 60.8 Å². The second-order valence-electron chi connectivity index (χ2n) is 5.45. The van der Waals surface area contributed by atoms with E-state index in [-0.39, 0.29) is 6.04 Å². The molecule has 0 bridgehead atoms. The second-order valence-corrected chi connectivity index (χ2v) is 5.85. The first kappa shape index (κ1) is 16.2. The highest BCUT2D eigenvalue weighted by molar-refractivity contribution is 7.80. The number of nitrogens with one attached hydrogen (secondary N) is 2. The van der Waals surface area contributed by atoms with Gasteiger partial charge in [-0.05, 0) is 49.0 Å². The van der Waals surface area contributed by atoms with E-state index in [1.165, 1.54) is 5.56 Å². The van der Waals surface area contributed by atoms with Gasteiger partial charge in [0.1, 0.15) is 11.3 Å². The Kier molecular flexibility index (Phi) is 4.91. The molecule has 3 rings (SSSR count). The molecule has 0 aliphatic heterocycles. The van der Waals surface area contributed by atoms with Crippen molar-refractivity contribution in [2.24, 2.45) is 0 Å². The zero-order valence-corrected chi connectivity index (χ0v) is 14.4. The van der Waals surface area contributed by atoms with Gasteiger partial charge in [-0.15, -0.1) is 0 Å². The fourth-order valence-corrected chi connectivity index (χ4v) is 2.89. The van der Waals surface area contributed by atoms with Crippen LogP contribution in [-0.4, -0.2) is 17.2 Å². The van der Waals surface area contributed by atoms with Gasteiger partial charge in [-0.3, -0.25) is 4.98 Å². The Morgan fingerprint density at radius 1 is 1.08 bits per heavy atom. The number of thiocarbonyl (C=S) groups is 1. The van der Waals surface area contributed by atoms with Crippen molar-refractivity contribution in [3.05, 3.63) is 66.4 Å². The van der Waals surface area contributed by atoms with Gasteiger partial charge in [0.15, 0.2) is 5.11 Å². The number of benzene rings is 2. The average Bonchev–Trinajstić information content (AvgIpc) is 2.62. The fourth-order valence-electron chi connectivity index (χ4n) is 2.60. The van der Waals surface area contributed by atoms with E-state index < -0.39 is 0 Å². The fraction of sp³-hybridized carbons (Fsp3) is 0.158. The number of hydrogen-bond donors (Lipinski definition) is 2. The molecule has 0 radical (unpaired) electrons. The minimum Gasteiger partial charge on any atom is -0.494 e. The van der Waals surface area contributed by atoms with E-state index >= 15 is 0 Å². The highest BCUT2D eigenvalue weighted by atomic mass is 32.1. The van der Waals surface area contributed by atoms with Crippen LogP contribution in [0, 0.1) is 0 Å². The third-order valence-electron chi connectivity index (χ3n) is 3.85. The molecule has 2 aromatic carbocycles. The molecule has 1 heterocycles. The van der Waals surface area contributed by atoms with Gasteiger partial charge in [-0.25, -0.2) is 0 Å². The SMILES string of the molecule is COc1ccc(NC(=S)N[C@H](C)c2ccccc2)c2cccnc12. The van der Waals surface area contributed by atoms with Gasteiger partial charge >= 0.3 is 0 Å². The van der Waals surface area contributed by atoms with Crippen molar-refractivity contribution < 1.29 is 4.74 Å². The van der Waals surface area contributed by atoms with Crippen LogP contribution in [0.3, 0.4) is 0 Å². The predicted octanol–water partition coefficient (Wildman–Crippen LogP) is 4.29. The number of nitrogens with zero attached hydrogens (tertiary/aromatic N) is 1. The lowest BCUT2D eigenvalue weighted by Crippen LogP contribution is -2.30. The van der Waals surface area contributed by atoms with Crippen LogP contribution in [0.1, 0.15) is 18.5 Å². The Labute approximate surface area is 146 Å². The first-order chi connectivity index (χ1) is 11.7. The summed E-state index contributed by atoms with van der Waals surface area (Å²) in [4.78, 5) is 4.40. The van der Waals surface area contributed by atoms with Gasteiger partial charge in [-0.2, -0.15) is 0 Å². The summed E-state index contributed by atoms with van der Waals surface area (Å²) in [5.41, 5.74) is 2.89. The van der Waals surface area contributed by atoms with Crippen molar-refractivity contribution in [2.45, 2.75) is 13.0 Å². The molecule has 0 saturated carbocycles. The van der Waals surface area contributed by atoms with Crippen LogP contribution < -0.4 is 15.4 Å². The summed E-state index contributed by atoms with van der Waals surface area (Å²) < 4.78 is 5.37. The number of anilines is 1. The summed E-state index contributed by atoms with van der Waals surface area (Å²) in [7, 11) is 1.64. The predicted molar refractivity (Wildman–Crippen MR) is 103 cm³/mol. The summed E-state index contributed by atoms with van der Waals surface area (Å²) >= 11 is 5.46. The number of aromatic nitrogens is 1. The number of methoxy groups -OCH3 is 1. The van der Waals surface area contributed by atoms with Gasteiger partial charge in [0.05, 0.1) is 13.2 Å². The van der Waals surface area contributed by atoms with Crippen LogP contribution >= 0.6 is 12.2 Å². The van der Waals surface area contributed by atoms with E-state index in [9.17, 15) is 0 Å². The first-order valence-electron chi connectivity index (χ1n) is 7.73. The largest absolute Gasteiger partial charge is 0.494 e. The van der Waals surface area contributed by atoms with Gasteiger partial charge in [-0.1, -0.05) is 30.3 Å². The summed E-state index contributed by atoms with van der Waals surface area (Å²) in [6.07, 6.45) is 1.75. The molecule has 0 spiro atoms. The Bertz CT molecular complexity index is 852. The van der Waals surface area contributed by atoms with E-state index in [0.29, 0.717) is 5.11 Å². The van der Waals surface area contributed by atoms with E-state index in [2.05, 4.69) is 34.7 Å². The first-order valence-corrected chi connectivity index (χ1v) is 8.14. The highest BCUT2D eigenvalue weighted by Gasteiger charge is 2.10. The Morgan fingerprint density at radius 2 is 1.88 bits per heavy atom. The average molecular weight is 337 g/mol. The number of rotatable bonds is 4. The maximum absolute atomic E-state index is 5.46. The molecule has 0 unspecified atom stereocenters. The van der Waals surface area contributed by atoms with Crippen molar-refractivity contribution in [3.8, 4) is 5.75 Å². The molecule has 24 heavy (non-hydrogen) atoms. The van der Waals surface area contributed by atoms with Crippen molar-refractivity contribution in [1.29, 1.82) is 0 Å². The Hall–Kier alpha value is -2.66. The molecule has 1 atom stereocenters. The van der Waals surface area contributed by atoms with E-state index in [1.54, 1.807) is 13.3 Å². The highest BCUT2D eigenvalue weighted by Crippen LogP contribution is 2.29. The number of ether oxygens (including phenoxy) is 1. The normalized spacial score (nSPS) is 11.8. The van der Waals surface area contributed by atoms with Gasteiger partial charge in [0.25, 0.3) is 0 Å². The lowest BCUT2D eigenvalue weighted by Gasteiger charge is -2.18. The topological polar surface area (TPSA) is 46.2 Å². The maximum Gasteiger partial charge on any atom is 0.171 e. The standard InChI is InChI=1S/C19H19N3OS/c1-13(14-7-4-3-5-8-14)21-19(24)22-16-10-11-17(23-2)18-15(16)9-6-12-20-18/h3-13H,1-2H3,(H2,21,22,24)/t13-/m1/s1. The third-order valence-corrected chi connectivity index (χ3v) is 4.07. The number of fused-ring (bicyclic) bond motifs is 1. The minimum absolute atomic E-state index is 0.119. The second kappa shape index (κ2) is 7.27. The zero-order chi connectivity index (χ0) is 16.9. The smallest absolute Gasteiger partial charge is 0.171 e. The molecule has 0 fully saturated rings.